The molecule has 9 nitrogen and oxygen atoms in total. The van der Waals surface area contributed by atoms with Gasteiger partial charge in [-0.05, 0) is 80.2 Å². The second kappa shape index (κ2) is 12.5. The Labute approximate surface area is 236 Å². The third kappa shape index (κ3) is 6.94. The van der Waals surface area contributed by atoms with Crippen LogP contribution in [0.3, 0.4) is 0 Å². The number of nitrogens with one attached hydrogen (secondary N) is 4. The molecule has 0 aliphatic heterocycles. The van der Waals surface area contributed by atoms with Crippen LogP contribution in [0, 0.1) is 5.92 Å². The lowest BCUT2D eigenvalue weighted by Gasteiger charge is -2.22. The van der Waals surface area contributed by atoms with Crippen molar-refractivity contribution in [2.24, 2.45) is 5.92 Å². The summed E-state index contributed by atoms with van der Waals surface area (Å²) < 4.78 is 43.3. The minimum atomic E-state index is -4.53. The molecule has 4 N–H and O–H groups in total. The second-order valence-corrected chi connectivity index (χ2v) is 10.2. The van der Waals surface area contributed by atoms with Crippen LogP contribution in [-0.4, -0.2) is 45.7 Å². The zero-order valence-electron chi connectivity index (χ0n) is 22.8. The lowest BCUT2D eigenvalue weighted by molar-refractivity contribution is -0.138. The zero-order valence-corrected chi connectivity index (χ0v) is 22.8. The van der Waals surface area contributed by atoms with Crippen LogP contribution in [-0.2, 0) is 12.6 Å². The van der Waals surface area contributed by atoms with E-state index < -0.39 is 17.8 Å². The van der Waals surface area contributed by atoms with Crippen molar-refractivity contribution in [2.75, 3.05) is 36.1 Å². The maximum Gasteiger partial charge on any atom is 0.416 e. The van der Waals surface area contributed by atoms with E-state index in [2.05, 4.69) is 36.2 Å². The fraction of sp³-hybridized carbons (Fsp3) is 0.379. The SMILES string of the molecule is CNc1ncnc2c1ncn2-c1ccc(NC(=O)Nc2ccc(CCNCC3CCCCC3)c(C(F)(F)F)c2)cc1. The van der Waals surface area contributed by atoms with E-state index in [-0.39, 0.29) is 17.7 Å². The molecular weight excluding hydrogens is 533 g/mol. The van der Waals surface area contributed by atoms with Crippen molar-refractivity contribution in [3.05, 3.63) is 66.2 Å². The number of carbonyl (C=O) groups is 1. The summed E-state index contributed by atoms with van der Waals surface area (Å²) in [4.78, 5) is 25.4. The van der Waals surface area contributed by atoms with Crippen molar-refractivity contribution in [3.8, 4) is 5.69 Å². The van der Waals surface area contributed by atoms with Crippen LogP contribution < -0.4 is 21.3 Å². The molecule has 0 radical (unpaired) electrons. The van der Waals surface area contributed by atoms with E-state index in [0.29, 0.717) is 35.1 Å². The number of carbonyl (C=O) groups excluding carboxylic acids is 1. The van der Waals surface area contributed by atoms with Gasteiger partial charge in [0.05, 0.1) is 5.56 Å². The first-order chi connectivity index (χ1) is 19.8. The highest BCUT2D eigenvalue weighted by Crippen LogP contribution is 2.34. The molecule has 2 heterocycles. The van der Waals surface area contributed by atoms with Gasteiger partial charge in [-0.1, -0.05) is 25.3 Å². The number of urea groups is 1. The summed E-state index contributed by atoms with van der Waals surface area (Å²) in [5.74, 6) is 1.22. The fourth-order valence-corrected chi connectivity index (χ4v) is 5.26. The van der Waals surface area contributed by atoms with E-state index in [1.54, 1.807) is 42.2 Å². The average Bonchev–Trinajstić information content (AvgIpc) is 3.41. The van der Waals surface area contributed by atoms with Crippen molar-refractivity contribution >= 4 is 34.4 Å². The topological polar surface area (TPSA) is 109 Å². The Kier molecular flexibility index (Phi) is 8.67. The molecule has 0 unspecified atom stereocenters. The average molecular weight is 567 g/mol. The molecule has 216 valence electrons. The molecule has 1 aliphatic rings. The number of amides is 2. The van der Waals surface area contributed by atoms with Gasteiger partial charge in [-0.3, -0.25) is 4.57 Å². The van der Waals surface area contributed by atoms with Gasteiger partial charge in [0, 0.05) is 24.1 Å². The monoisotopic (exact) mass is 566 g/mol. The predicted molar refractivity (Wildman–Crippen MR) is 153 cm³/mol. The van der Waals surface area contributed by atoms with Crippen molar-refractivity contribution in [1.29, 1.82) is 0 Å². The second-order valence-electron chi connectivity index (χ2n) is 10.2. The predicted octanol–water partition coefficient (Wildman–Crippen LogP) is 6.23. The summed E-state index contributed by atoms with van der Waals surface area (Å²) in [5, 5.41) is 11.5. The zero-order chi connectivity index (χ0) is 28.8. The van der Waals surface area contributed by atoms with E-state index in [1.807, 2.05) is 0 Å². The van der Waals surface area contributed by atoms with Crippen LogP contribution in [0.25, 0.3) is 16.9 Å². The lowest BCUT2D eigenvalue weighted by atomic mass is 9.89. The number of imidazole rings is 1. The molecule has 0 spiro atoms. The van der Waals surface area contributed by atoms with Gasteiger partial charge in [-0.2, -0.15) is 13.2 Å². The quantitative estimate of drug-likeness (QED) is 0.179. The number of alkyl halides is 3. The van der Waals surface area contributed by atoms with E-state index in [4.69, 9.17) is 0 Å². The molecule has 0 saturated heterocycles. The van der Waals surface area contributed by atoms with Crippen LogP contribution in [0.4, 0.5) is 35.2 Å². The van der Waals surface area contributed by atoms with E-state index >= 15 is 0 Å². The van der Waals surface area contributed by atoms with Gasteiger partial charge in [0.1, 0.15) is 12.7 Å². The van der Waals surface area contributed by atoms with Crippen molar-refractivity contribution in [2.45, 2.75) is 44.7 Å². The Bertz CT molecular complexity index is 1480. The molecule has 2 aromatic carbocycles. The summed E-state index contributed by atoms with van der Waals surface area (Å²) in [5.41, 5.74) is 2.00. The fourth-order valence-electron chi connectivity index (χ4n) is 5.26. The number of nitrogens with zero attached hydrogens (tertiary/aromatic N) is 4. The van der Waals surface area contributed by atoms with E-state index in [1.165, 1.54) is 50.6 Å². The highest BCUT2D eigenvalue weighted by molar-refractivity contribution is 5.99. The number of anilines is 3. The normalized spacial score (nSPS) is 14.2. The molecule has 4 aromatic rings. The molecule has 0 bridgehead atoms. The third-order valence-corrected chi connectivity index (χ3v) is 7.38. The van der Waals surface area contributed by atoms with E-state index in [0.717, 1.165) is 18.3 Å². The summed E-state index contributed by atoms with van der Waals surface area (Å²) in [6, 6.07) is 10.2. The number of rotatable bonds is 9. The first-order valence-electron chi connectivity index (χ1n) is 13.8. The molecular formula is C29H33F3N8O. The van der Waals surface area contributed by atoms with Gasteiger partial charge in [-0.15, -0.1) is 0 Å². The number of fused-ring (bicyclic) bond motifs is 1. The summed E-state index contributed by atoms with van der Waals surface area (Å²) in [6.45, 7) is 1.31. The molecule has 12 heteroatoms. The van der Waals surface area contributed by atoms with Crippen molar-refractivity contribution < 1.29 is 18.0 Å². The molecule has 1 saturated carbocycles. The van der Waals surface area contributed by atoms with Gasteiger partial charge < -0.3 is 21.3 Å². The summed E-state index contributed by atoms with van der Waals surface area (Å²) in [6.07, 6.45) is 4.90. The Hall–Kier alpha value is -4.19. The maximum atomic E-state index is 13.8. The highest BCUT2D eigenvalue weighted by Gasteiger charge is 2.33. The largest absolute Gasteiger partial charge is 0.416 e. The van der Waals surface area contributed by atoms with Crippen LogP contribution in [0.2, 0.25) is 0 Å². The number of hydrogen-bond acceptors (Lipinski definition) is 6. The maximum absolute atomic E-state index is 13.8. The molecule has 2 amide bonds. The van der Waals surface area contributed by atoms with E-state index in [9.17, 15) is 18.0 Å². The molecule has 0 atom stereocenters. The molecule has 1 aliphatic carbocycles. The number of benzene rings is 2. The minimum Gasteiger partial charge on any atom is -0.371 e. The van der Waals surface area contributed by atoms with Crippen molar-refractivity contribution in [3.63, 3.8) is 0 Å². The third-order valence-electron chi connectivity index (χ3n) is 7.38. The van der Waals surface area contributed by atoms with Crippen LogP contribution in [0.5, 0.6) is 0 Å². The Morgan fingerprint density at radius 1 is 0.976 bits per heavy atom. The highest BCUT2D eigenvalue weighted by atomic mass is 19.4. The van der Waals surface area contributed by atoms with Gasteiger partial charge in [0.15, 0.2) is 17.0 Å². The number of hydrogen-bond donors (Lipinski definition) is 4. The van der Waals surface area contributed by atoms with Crippen LogP contribution in [0.1, 0.15) is 43.2 Å². The first kappa shape index (κ1) is 28.3. The first-order valence-corrected chi connectivity index (χ1v) is 13.8. The van der Waals surface area contributed by atoms with Gasteiger partial charge in [0.2, 0.25) is 0 Å². The summed E-state index contributed by atoms with van der Waals surface area (Å²) in [7, 11) is 1.75. The Balaban J connectivity index is 1.20. The Morgan fingerprint density at radius 3 is 2.44 bits per heavy atom. The molecule has 41 heavy (non-hydrogen) atoms. The molecule has 5 rings (SSSR count). The van der Waals surface area contributed by atoms with Gasteiger partial charge in [-0.25, -0.2) is 19.7 Å². The standard InChI is InChI=1S/C29H33F3N8O/c1-33-26-25-27(36-17-35-26)40(18-37-25)23-11-9-21(10-12-23)38-28(41)39-22-8-7-20(24(15-22)29(30,31)32)13-14-34-16-19-5-3-2-4-6-19/h7-12,15,17-19,34H,2-6,13-14,16H2,1H3,(H,33,35,36)(H2,38,39,41). The molecule has 1 fully saturated rings. The molecule has 2 aromatic heterocycles. The summed E-state index contributed by atoms with van der Waals surface area (Å²) >= 11 is 0. The minimum absolute atomic E-state index is 0.0651. The van der Waals surface area contributed by atoms with Crippen molar-refractivity contribution in [1.82, 2.24) is 24.8 Å². The number of halogens is 3. The Morgan fingerprint density at radius 2 is 1.71 bits per heavy atom. The van der Waals surface area contributed by atoms with Gasteiger partial charge >= 0.3 is 12.2 Å². The number of aromatic nitrogens is 4. The van der Waals surface area contributed by atoms with Crippen LogP contribution in [0.15, 0.2) is 55.1 Å². The lowest BCUT2D eigenvalue weighted by Crippen LogP contribution is -2.27. The smallest absolute Gasteiger partial charge is 0.371 e. The van der Waals surface area contributed by atoms with Gasteiger partial charge in [0.25, 0.3) is 0 Å². The van der Waals surface area contributed by atoms with Crippen LogP contribution >= 0.6 is 0 Å².